The van der Waals surface area contributed by atoms with Gasteiger partial charge in [0, 0.05) is 27.7 Å². The molecule has 3 aromatic carbocycles. The largest absolute Gasteiger partial charge is 0.497 e. The molecule has 0 unspecified atom stereocenters. The van der Waals surface area contributed by atoms with Gasteiger partial charge in [-0.1, -0.05) is 59.3 Å². The normalized spacial score (nSPS) is 16.2. The van der Waals surface area contributed by atoms with Crippen LogP contribution >= 0.6 is 22.9 Å². The third-order valence-electron chi connectivity index (χ3n) is 8.15. The predicted octanol–water partition coefficient (Wildman–Crippen LogP) is 6.39. The molecule has 2 aliphatic rings. The smallest absolute Gasteiger partial charge is 0.271 e. The summed E-state index contributed by atoms with van der Waals surface area (Å²) in [6.45, 7) is 4.16. The van der Waals surface area contributed by atoms with Crippen molar-refractivity contribution in [2.75, 3.05) is 7.11 Å². The molecule has 41 heavy (non-hydrogen) atoms. The first-order valence-electron chi connectivity index (χ1n) is 13.6. The van der Waals surface area contributed by atoms with Crippen LogP contribution in [0.1, 0.15) is 46.1 Å². The van der Waals surface area contributed by atoms with Crippen molar-refractivity contribution in [1.29, 1.82) is 0 Å². The number of fused-ring (bicyclic) bond motifs is 3. The van der Waals surface area contributed by atoms with Gasteiger partial charge >= 0.3 is 0 Å². The number of allylic oxidation sites excluding steroid dienone is 1. The molecule has 3 heterocycles. The highest BCUT2D eigenvalue weighted by Gasteiger charge is 2.32. The Morgan fingerprint density at radius 2 is 1.76 bits per heavy atom. The van der Waals surface area contributed by atoms with Gasteiger partial charge < -0.3 is 9.30 Å². The van der Waals surface area contributed by atoms with E-state index in [2.05, 4.69) is 60.9 Å². The fraction of sp³-hybridized carbons (Fsp3) is 0.176. The fourth-order valence-electron chi connectivity index (χ4n) is 6.17. The molecule has 0 saturated carbocycles. The van der Waals surface area contributed by atoms with Crippen LogP contribution in [-0.4, -0.2) is 16.2 Å². The van der Waals surface area contributed by atoms with E-state index >= 15 is 0 Å². The van der Waals surface area contributed by atoms with E-state index in [4.69, 9.17) is 21.3 Å². The molecule has 0 amide bonds. The standard InChI is InChI=1S/C34H28ClN3O2S/c1-20-18-24(21(2)37(20)26-13-11-25(35)12-14-26)19-30-33(39)38-32(23-8-15-27(40-3)16-9-23)29-17-10-22-6-4-5-7-28(22)31(29)36-34(38)41-30/h4-9,11-16,18-19,32H,10,17H2,1-3H3/b30-19+/t32-/m0/s1. The summed E-state index contributed by atoms with van der Waals surface area (Å²) < 4.78 is 10.2. The van der Waals surface area contributed by atoms with Crippen molar-refractivity contribution in [2.24, 2.45) is 4.99 Å². The maximum absolute atomic E-state index is 14.2. The van der Waals surface area contributed by atoms with Crippen molar-refractivity contribution in [3.8, 4) is 11.4 Å². The van der Waals surface area contributed by atoms with E-state index in [1.165, 1.54) is 22.5 Å². The number of ether oxygens (including phenoxy) is 1. The van der Waals surface area contributed by atoms with Crippen LogP contribution in [0.4, 0.5) is 0 Å². The molecule has 7 heteroatoms. The predicted molar refractivity (Wildman–Crippen MR) is 166 cm³/mol. The average Bonchev–Trinajstić information content (AvgIpc) is 3.46. The minimum absolute atomic E-state index is 0.0173. The highest BCUT2D eigenvalue weighted by atomic mass is 35.5. The number of thiazole rings is 1. The summed E-state index contributed by atoms with van der Waals surface area (Å²) >= 11 is 7.59. The van der Waals surface area contributed by atoms with Gasteiger partial charge in [-0.15, -0.1) is 0 Å². The lowest BCUT2D eigenvalue weighted by atomic mass is 9.83. The van der Waals surface area contributed by atoms with E-state index in [-0.39, 0.29) is 11.6 Å². The van der Waals surface area contributed by atoms with Crippen molar-refractivity contribution in [3.05, 3.63) is 143 Å². The number of halogens is 1. The zero-order valence-electron chi connectivity index (χ0n) is 23.0. The van der Waals surface area contributed by atoms with Gasteiger partial charge in [-0.2, -0.15) is 0 Å². The highest BCUT2D eigenvalue weighted by molar-refractivity contribution is 7.07. The van der Waals surface area contributed by atoms with Crippen LogP contribution < -0.4 is 19.6 Å². The third kappa shape index (κ3) is 4.30. The Morgan fingerprint density at radius 1 is 1.00 bits per heavy atom. The van der Waals surface area contributed by atoms with Crippen molar-refractivity contribution in [2.45, 2.75) is 32.7 Å². The number of hydrogen-bond acceptors (Lipinski definition) is 4. The number of benzene rings is 3. The van der Waals surface area contributed by atoms with Gasteiger partial charge in [0.2, 0.25) is 0 Å². The molecule has 0 saturated heterocycles. The molecule has 2 aromatic heterocycles. The summed E-state index contributed by atoms with van der Waals surface area (Å²) in [5, 5.41) is 0.703. The van der Waals surface area contributed by atoms with E-state index < -0.39 is 0 Å². The second-order valence-electron chi connectivity index (χ2n) is 10.5. The number of aryl methyl sites for hydroxylation is 2. The quantitative estimate of drug-likeness (QED) is 0.249. The number of hydrogen-bond donors (Lipinski definition) is 0. The lowest BCUT2D eigenvalue weighted by Crippen LogP contribution is -2.38. The molecule has 0 fully saturated rings. The first-order valence-corrected chi connectivity index (χ1v) is 14.8. The van der Waals surface area contributed by atoms with Crippen LogP contribution in [0.2, 0.25) is 5.02 Å². The van der Waals surface area contributed by atoms with Crippen molar-refractivity contribution < 1.29 is 4.74 Å². The van der Waals surface area contributed by atoms with Gasteiger partial charge in [0.05, 0.1) is 23.4 Å². The summed E-state index contributed by atoms with van der Waals surface area (Å²) in [6.07, 6.45) is 3.80. The molecular formula is C34H28ClN3O2S. The van der Waals surface area contributed by atoms with E-state index in [0.717, 1.165) is 62.9 Å². The Kier molecular flexibility index (Phi) is 6.33. The van der Waals surface area contributed by atoms with Gasteiger partial charge in [0.25, 0.3) is 5.56 Å². The Morgan fingerprint density at radius 3 is 2.51 bits per heavy atom. The number of nitrogens with zero attached hydrogens (tertiary/aromatic N) is 3. The van der Waals surface area contributed by atoms with E-state index in [1.54, 1.807) is 7.11 Å². The second-order valence-corrected chi connectivity index (χ2v) is 12.0. The maximum atomic E-state index is 14.2. The first kappa shape index (κ1) is 25.8. The van der Waals surface area contributed by atoms with E-state index in [9.17, 15) is 4.79 Å². The molecule has 1 atom stereocenters. The van der Waals surface area contributed by atoms with Crippen molar-refractivity contribution >= 4 is 34.7 Å². The summed E-state index contributed by atoms with van der Waals surface area (Å²) in [5.41, 5.74) is 9.90. The van der Waals surface area contributed by atoms with Gasteiger partial charge in [0.1, 0.15) is 5.75 Å². The molecule has 7 rings (SSSR count). The summed E-state index contributed by atoms with van der Waals surface area (Å²) in [5.74, 6) is 0.792. The zero-order chi connectivity index (χ0) is 28.2. The van der Waals surface area contributed by atoms with E-state index in [0.29, 0.717) is 9.55 Å². The van der Waals surface area contributed by atoms with Gasteiger partial charge in [-0.3, -0.25) is 9.36 Å². The zero-order valence-corrected chi connectivity index (χ0v) is 24.6. The summed E-state index contributed by atoms with van der Waals surface area (Å²) in [4.78, 5) is 20.0. The molecular weight excluding hydrogens is 550 g/mol. The molecule has 0 spiro atoms. The van der Waals surface area contributed by atoms with Crippen LogP contribution in [0.5, 0.6) is 5.75 Å². The molecule has 204 valence electrons. The van der Waals surface area contributed by atoms with Crippen LogP contribution in [0.15, 0.2) is 94.2 Å². The Bertz CT molecular complexity index is 2030. The Balaban J connectivity index is 1.42. The molecule has 1 aliphatic heterocycles. The summed E-state index contributed by atoms with van der Waals surface area (Å²) in [6, 6.07) is 26.3. The number of methoxy groups -OCH3 is 1. The fourth-order valence-corrected chi connectivity index (χ4v) is 7.29. The van der Waals surface area contributed by atoms with Crippen molar-refractivity contribution in [1.82, 2.24) is 9.13 Å². The van der Waals surface area contributed by atoms with Crippen LogP contribution in [0, 0.1) is 13.8 Å². The Labute approximate surface area is 247 Å². The Hall–Kier alpha value is -4.13. The van der Waals surface area contributed by atoms with E-state index in [1.807, 2.05) is 47.0 Å². The van der Waals surface area contributed by atoms with Gasteiger partial charge in [-0.05, 0) is 97.5 Å². The first-order chi connectivity index (χ1) is 19.9. The third-order valence-corrected chi connectivity index (χ3v) is 9.38. The number of aromatic nitrogens is 2. The topological polar surface area (TPSA) is 48.5 Å². The summed E-state index contributed by atoms with van der Waals surface area (Å²) in [7, 11) is 1.67. The molecule has 0 bridgehead atoms. The van der Waals surface area contributed by atoms with Crippen molar-refractivity contribution in [3.63, 3.8) is 0 Å². The molecule has 5 aromatic rings. The van der Waals surface area contributed by atoms with Gasteiger partial charge in [-0.25, -0.2) is 4.99 Å². The number of rotatable bonds is 4. The molecule has 1 aliphatic carbocycles. The average molecular weight is 578 g/mol. The second kappa shape index (κ2) is 10.1. The lowest BCUT2D eigenvalue weighted by molar-refractivity contribution is 0.414. The molecule has 5 nitrogen and oxygen atoms in total. The molecule has 0 radical (unpaired) electrons. The molecule has 0 N–H and O–H groups in total. The van der Waals surface area contributed by atoms with Crippen LogP contribution in [0.3, 0.4) is 0 Å². The minimum atomic E-state index is -0.218. The van der Waals surface area contributed by atoms with Crippen LogP contribution in [-0.2, 0) is 6.42 Å². The SMILES string of the molecule is COc1ccc([C@H]2C3=C(N=c4s/c(=C/c5cc(C)n(-c6ccc(Cl)cc6)c5C)c(=O)n42)c2ccccc2CC3)cc1. The maximum Gasteiger partial charge on any atom is 0.271 e. The lowest BCUT2D eigenvalue weighted by Gasteiger charge is -2.30. The van der Waals surface area contributed by atoms with Gasteiger partial charge in [0.15, 0.2) is 4.80 Å². The monoisotopic (exact) mass is 577 g/mol. The minimum Gasteiger partial charge on any atom is -0.497 e. The van der Waals surface area contributed by atoms with Crippen LogP contribution in [0.25, 0.3) is 17.5 Å². The highest BCUT2D eigenvalue weighted by Crippen LogP contribution is 2.41.